The predicted octanol–water partition coefficient (Wildman–Crippen LogP) is 0.440. The number of tetrazole rings is 1. The molecule has 10 heteroatoms. The van der Waals surface area contributed by atoms with Crippen LogP contribution >= 0.6 is 0 Å². The first kappa shape index (κ1) is 17.0. The lowest BCUT2D eigenvalue weighted by Crippen LogP contribution is -2.41. The molecule has 1 aromatic heterocycles. The summed E-state index contributed by atoms with van der Waals surface area (Å²) in [6.45, 7) is 3.64. The van der Waals surface area contributed by atoms with Gasteiger partial charge >= 0.3 is 5.97 Å². The molecule has 2 aromatic rings. The quantitative estimate of drug-likeness (QED) is 0.749. The molecular formula is C13H17N5O4S. The second-order valence-electron chi connectivity index (χ2n) is 5.39. The molecular weight excluding hydrogens is 322 g/mol. The largest absolute Gasteiger partial charge is 0.480 e. The van der Waals surface area contributed by atoms with Gasteiger partial charge in [-0.1, -0.05) is 19.9 Å². The normalized spacial score (nSPS) is 13.2. The van der Waals surface area contributed by atoms with Crippen LogP contribution in [0, 0.1) is 5.92 Å². The van der Waals surface area contributed by atoms with Crippen LogP contribution in [0.25, 0.3) is 5.69 Å². The van der Waals surface area contributed by atoms with Gasteiger partial charge in [0.1, 0.15) is 12.4 Å². The number of aliphatic carboxylic acids is 1. The molecule has 1 heterocycles. The highest BCUT2D eigenvalue weighted by Gasteiger charge is 2.26. The average molecular weight is 339 g/mol. The van der Waals surface area contributed by atoms with Gasteiger partial charge in [0.15, 0.2) is 0 Å². The third-order valence-corrected chi connectivity index (χ3v) is 4.51. The van der Waals surface area contributed by atoms with Gasteiger partial charge in [0.2, 0.25) is 10.0 Å². The number of carbonyl (C=O) groups is 1. The first-order chi connectivity index (χ1) is 10.8. The number of hydrogen-bond acceptors (Lipinski definition) is 6. The first-order valence-electron chi connectivity index (χ1n) is 6.88. The highest BCUT2D eigenvalue weighted by Crippen LogP contribution is 2.16. The summed E-state index contributed by atoms with van der Waals surface area (Å²) in [5.74, 6) is -1.18. The Morgan fingerprint density at radius 1 is 1.39 bits per heavy atom. The van der Waals surface area contributed by atoms with Crippen molar-refractivity contribution in [2.24, 2.45) is 5.92 Å². The molecule has 2 N–H and O–H groups in total. The third-order valence-electron chi connectivity index (χ3n) is 3.04. The number of benzene rings is 1. The van der Waals surface area contributed by atoms with Crippen LogP contribution < -0.4 is 4.72 Å². The highest BCUT2D eigenvalue weighted by atomic mass is 32.2. The number of carboxylic acid groups (broad SMARTS) is 1. The van der Waals surface area contributed by atoms with Gasteiger partial charge in [0.05, 0.1) is 10.6 Å². The van der Waals surface area contributed by atoms with Crippen LogP contribution in [-0.2, 0) is 14.8 Å². The van der Waals surface area contributed by atoms with E-state index in [4.69, 9.17) is 0 Å². The van der Waals surface area contributed by atoms with E-state index >= 15 is 0 Å². The summed E-state index contributed by atoms with van der Waals surface area (Å²) < 4.78 is 28.4. The lowest BCUT2D eigenvalue weighted by molar-refractivity contribution is -0.139. The number of rotatable bonds is 7. The maximum absolute atomic E-state index is 12.4. The zero-order valence-corrected chi connectivity index (χ0v) is 13.4. The third kappa shape index (κ3) is 4.33. The summed E-state index contributed by atoms with van der Waals surface area (Å²) >= 11 is 0. The standard InChI is InChI=1S/C13H17N5O4S/c1-9(2)6-12(13(19)20)15-23(21,22)11-5-3-4-10(7-11)18-8-14-16-17-18/h3-5,7-9,12,15H,6H2,1-2H3,(H,19,20)/t12-/m1/s1. The Labute approximate surface area is 133 Å². The van der Waals surface area contributed by atoms with Gasteiger partial charge in [0.25, 0.3) is 0 Å². The number of hydrogen-bond donors (Lipinski definition) is 2. The highest BCUT2D eigenvalue weighted by molar-refractivity contribution is 7.89. The monoisotopic (exact) mass is 339 g/mol. The number of carboxylic acids is 1. The van der Waals surface area contributed by atoms with Crippen LogP contribution in [0.1, 0.15) is 20.3 Å². The Morgan fingerprint density at radius 2 is 2.13 bits per heavy atom. The summed E-state index contributed by atoms with van der Waals surface area (Å²) in [4.78, 5) is 11.2. The molecule has 0 radical (unpaired) electrons. The zero-order chi connectivity index (χ0) is 17.0. The van der Waals surface area contributed by atoms with E-state index in [-0.39, 0.29) is 17.2 Å². The second-order valence-corrected chi connectivity index (χ2v) is 7.11. The van der Waals surface area contributed by atoms with Gasteiger partial charge in [-0.05, 0) is 41.0 Å². The van der Waals surface area contributed by atoms with Crippen LogP contribution in [0.15, 0.2) is 35.5 Å². The van der Waals surface area contributed by atoms with Gasteiger partial charge < -0.3 is 5.11 Å². The molecule has 0 amide bonds. The molecule has 0 saturated heterocycles. The minimum Gasteiger partial charge on any atom is -0.480 e. The average Bonchev–Trinajstić information content (AvgIpc) is 3.00. The van der Waals surface area contributed by atoms with E-state index in [9.17, 15) is 18.3 Å². The van der Waals surface area contributed by atoms with E-state index < -0.39 is 22.0 Å². The van der Waals surface area contributed by atoms with E-state index in [0.29, 0.717) is 5.69 Å². The molecule has 2 rings (SSSR count). The van der Waals surface area contributed by atoms with Crippen molar-refractivity contribution < 1.29 is 18.3 Å². The molecule has 23 heavy (non-hydrogen) atoms. The number of aromatic nitrogens is 4. The Bertz CT molecular complexity index is 773. The minimum absolute atomic E-state index is 0.0337. The van der Waals surface area contributed by atoms with Crippen LogP contribution in [0.4, 0.5) is 0 Å². The molecule has 0 aliphatic rings. The molecule has 1 atom stereocenters. The van der Waals surface area contributed by atoms with E-state index in [2.05, 4.69) is 20.2 Å². The number of nitrogens with one attached hydrogen (secondary N) is 1. The van der Waals surface area contributed by atoms with Gasteiger partial charge in [-0.3, -0.25) is 4.79 Å². The second kappa shape index (κ2) is 6.84. The maximum atomic E-state index is 12.4. The van der Waals surface area contributed by atoms with Crippen molar-refractivity contribution in [2.75, 3.05) is 0 Å². The number of sulfonamides is 1. The van der Waals surface area contributed by atoms with Crippen molar-refractivity contribution in [3.05, 3.63) is 30.6 Å². The van der Waals surface area contributed by atoms with Gasteiger partial charge in [-0.15, -0.1) is 5.10 Å². The topological polar surface area (TPSA) is 127 Å². The lowest BCUT2D eigenvalue weighted by atomic mass is 10.1. The van der Waals surface area contributed by atoms with Crippen molar-refractivity contribution in [3.8, 4) is 5.69 Å². The number of nitrogens with zero attached hydrogens (tertiary/aromatic N) is 4. The van der Waals surface area contributed by atoms with Crippen LogP contribution in [0.3, 0.4) is 0 Å². The SMILES string of the molecule is CC(C)C[C@@H](NS(=O)(=O)c1cccc(-n2cnnn2)c1)C(=O)O. The molecule has 0 bridgehead atoms. The van der Waals surface area contributed by atoms with E-state index in [1.165, 1.54) is 29.2 Å². The van der Waals surface area contributed by atoms with Crippen LogP contribution in [-0.4, -0.2) is 45.7 Å². The van der Waals surface area contributed by atoms with Gasteiger partial charge in [-0.25, -0.2) is 13.1 Å². The lowest BCUT2D eigenvalue weighted by Gasteiger charge is -2.16. The van der Waals surface area contributed by atoms with E-state index in [0.717, 1.165) is 0 Å². The van der Waals surface area contributed by atoms with Crippen molar-refractivity contribution in [1.29, 1.82) is 0 Å². The summed E-state index contributed by atoms with van der Waals surface area (Å²) in [6.07, 6.45) is 1.53. The van der Waals surface area contributed by atoms with Gasteiger partial charge in [0, 0.05) is 0 Å². The summed E-state index contributed by atoms with van der Waals surface area (Å²) in [7, 11) is -3.98. The Morgan fingerprint density at radius 3 is 2.70 bits per heavy atom. The fourth-order valence-corrected chi connectivity index (χ4v) is 3.24. The molecule has 0 aliphatic heterocycles. The predicted molar refractivity (Wildman–Crippen MR) is 80.4 cm³/mol. The Balaban J connectivity index is 2.29. The molecule has 0 aliphatic carbocycles. The molecule has 9 nitrogen and oxygen atoms in total. The van der Waals surface area contributed by atoms with E-state index in [1.54, 1.807) is 6.07 Å². The molecule has 0 fully saturated rings. The van der Waals surface area contributed by atoms with Crippen molar-refractivity contribution in [2.45, 2.75) is 31.2 Å². The fraction of sp³-hybridized carbons (Fsp3) is 0.385. The summed E-state index contributed by atoms with van der Waals surface area (Å²) in [5.41, 5.74) is 0.452. The van der Waals surface area contributed by atoms with Gasteiger partial charge in [-0.2, -0.15) is 4.72 Å². The van der Waals surface area contributed by atoms with Crippen molar-refractivity contribution in [3.63, 3.8) is 0 Å². The van der Waals surface area contributed by atoms with E-state index in [1.807, 2.05) is 13.8 Å². The molecule has 0 spiro atoms. The summed E-state index contributed by atoms with van der Waals surface area (Å²) in [6, 6.07) is 4.73. The molecule has 0 saturated carbocycles. The van der Waals surface area contributed by atoms with Crippen LogP contribution in [0.5, 0.6) is 0 Å². The maximum Gasteiger partial charge on any atom is 0.321 e. The molecule has 0 unspecified atom stereocenters. The minimum atomic E-state index is -3.98. The Kier molecular flexibility index (Phi) is 5.06. The Hall–Kier alpha value is -2.33. The smallest absolute Gasteiger partial charge is 0.321 e. The van der Waals surface area contributed by atoms with Crippen molar-refractivity contribution >= 4 is 16.0 Å². The zero-order valence-electron chi connectivity index (χ0n) is 12.6. The summed E-state index contributed by atoms with van der Waals surface area (Å²) in [5, 5.41) is 19.8. The fourth-order valence-electron chi connectivity index (χ4n) is 2.00. The molecule has 1 aromatic carbocycles. The van der Waals surface area contributed by atoms with Crippen molar-refractivity contribution in [1.82, 2.24) is 24.9 Å². The van der Waals surface area contributed by atoms with Crippen LogP contribution in [0.2, 0.25) is 0 Å². The first-order valence-corrected chi connectivity index (χ1v) is 8.36. The molecule has 124 valence electrons.